The number of hydrogen-bond donors (Lipinski definition) is 2. The average Bonchev–Trinajstić information content (AvgIpc) is 2.35. The maximum absolute atomic E-state index is 12.0. The van der Waals surface area contributed by atoms with E-state index in [1.807, 2.05) is 32.2 Å². The molecule has 1 amide bonds. The van der Waals surface area contributed by atoms with E-state index in [-0.39, 0.29) is 5.91 Å². The first-order chi connectivity index (χ1) is 8.95. The number of hydrogen-bond acceptors (Lipinski definition) is 3. The molecule has 0 aromatic heterocycles. The Morgan fingerprint density at radius 2 is 2.16 bits per heavy atom. The van der Waals surface area contributed by atoms with E-state index in [0.717, 1.165) is 24.1 Å². The smallest absolute Gasteiger partial charge is 0.238 e. The molecule has 1 atom stereocenters. The molecule has 4 nitrogen and oxygen atoms in total. The third-order valence-corrected chi connectivity index (χ3v) is 3.50. The van der Waals surface area contributed by atoms with Gasteiger partial charge in [-0.3, -0.25) is 9.69 Å². The Hall–Kier alpha value is -1.55. The summed E-state index contributed by atoms with van der Waals surface area (Å²) in [4.78, 5) is 14.1. The van der Waals surface area contributed by atoms with Crippen LogP contribution in [-0.2, 0) is 4.79 Å². The molecule has 1 rings (SSSR count). The minimum Gasteiger partial charge on any atom is -0.398 e. The van der Waals surface area contributed by atoms with Gasteiger partial charge >= 0.3 is 0 Å². The molecule has 0 saturated carbocycles. The van der Waals surface area contributed by atoms with Crippen molar-refractivity contribution >= 4 is 17.3 Å². The molecule has 0 spiro atoms. The lowest BCUT2D eigenvalue weighted by Crippen LogP contribution is -2.36. The average molecular weight is 263 g/mol. The number of anilines is 2. The number of carbonyl (C=O) groups is 1. The lowest BCUT2D eigenvalue weighted by atomic mass is 10.1. The SMILES string of the molecule is CCCC(C)N(C)CC(=O)Nc1cccc(N)c1C. The molecule has 1 unspecified atom stereocenters. The monoisotopic (exact) mass is 263 g/mol. The first-order valence-electron chi connectivity index (χ1n) is 6.80. The molecule has 0 radical (unpaired) electrons. The van der Waals surface area contributed by atoms with E-state index >= 15 is 0 Å². The van der Waals surface area contributed by atoms with Crippen molar-refractivity contribution in [2.75, 3.05) is 24.6 Å². The number of nitrogens with zero attached hydrogens (tertiary/aromatic N) is 1. The van der Waals surface area contributed by atoms with Gasteiger partial charge in [-0.15, -0.1) is 0 Å². The van der Waals surface area contributed by atoms with E-state index in [9.17, 15) is 4.79 Å². The molecule has 0 fully saturated rings. The summed E-state index contributed by atoms with van der Waals surface area (Å²) in [6, 6.07) is 5.97. The van der Waals surface area contributed by atoms with Gasteiger partial charge in [-0.2, -0.15) is 0 Å². The van der Waals surface area contributed by atoms with Crippen LogP contribution in [0.2, 0.25) is 0 Å². The van der Waals surface area contributed by atoms with Gasteiger partial charge < -0.3 is 11.1 Å². The zero-order chi connectivity index (χ0) is 14.4. The van der Waals surface area contributed by atoms with E-state index < -0.39 is 0 Å². The normalized spacial score (nSPS) is 12.5. The van der Waals surface area contributed by atoms with Crippen molar-refractivity contribution in [3.8, 4) is 0 Å². The van der Waals surface area contributed by atoms with Crippen molar-refractivity contribution in [3.63, 3.8) is 0 Å². The zero-order valence-electron chi connectivity index (χ0n) is 12.4. The Kier molecular flexibility index (Phi) is 5.83. The van der Waals surface area contributed by atoms with Gasteiger partial charge in [0.15, 0.2) is 0 Å². The molecular weight excluding hydrogens is 238 g/mol. The maximum atomic E-state index is 12.0. The standard InChI is InChI=1S/C15H25N3O/c1-5-7-11(2)18(4)10-15(19)17-14-9-6-8-13(16)12(14)3/h6,8-9,11H,5,7,10,16H2,1-4H3,(H,17,19). The van der Waals surface area contributed by atoms with E-state index in [4.69, 9.17) is 5.73 Å². The van der Waals surface area contributed by atoms with Gasteiger partial charge in [-0.1, -0.05) is 19.4 Å². The Morgan fingerprint density at radius 1 is 1.47 bits per heavy atom. The molecule has 1 aromatic rings. The van der Waals surface area contributed by atoms with E-state index in [2.05, 4.69) is 24.1 Å². The summed E-state index contributed by atoms with van der Waals surface area (Å²) >= 11 is 0. The topological polar surface area (TPSA) is 58.4 Å². The van der Waals surface area contributed by atoms with Crippen molar-refractivity contribution in [2.45, 2.75) is 39.7 Å². The number of nitrogens with two attached hydrogens (primary N) is 1. The van der Waals surface area contributed by atoms with Crippen LogP contribution in [0.25, 0.3) is 0 Å². The Labute approximate surface area is 116 Å². The van der Waals surface area contributed by atoms with Crippen molar-refractivity contribution in [1.29, 1.82) is 0 Å². The fourth-order valence-electron chi connectivity index (χ4n) is 2.00. The molecule has 0 heterocycles. The summed E-state index contributed by atoms with van der Waals surface area (Å²) in [6.45, 7) is 6.60. The highest BCUT2D eigenvalue weighted by atomic mass is 16.2. The Bertz CT molecular complexity index is 431. The number of nitrogen functional groups attached to an aromatic ring is 1. The molecule has 0 aliphatic carbocycles. The number of amides is 1. The molecule has 19 heavy (non-hydrogen) atoms. The largest absolute Gasteiger partial charge is 0.398 e. The predicted octanol–water partition coefficient (Wildman–Crippen LogP) is 2.64. The minimum atomic E-state index is -0.000784. The summed E-state index contributed by atoms with van der Waals surface area (Å²) in [5.74, 6) is -0.000784. The number of likely N-dealkylation sites (N-methyl/N-ethyl adjacent to an activating group) is 1. The van der Waals surface area contributed by atoms with Crippen LogP contribution in [0.3, 0.4) is 0 Å². The molecule has 4 heteroatoms. The van der Waals surface area contributed by atoms with Gasteiger partial charge in [0.25, 0.3) is 0 Å². The van der Waals surface area contributed by atoms with Crippen molar-refractivity contribution in [1.82, 2.24) is 4.90 Å². The van der Waals surface area contributed by atoms with Crippen LogP contribution in [0.1, 0.15) is 32.3 Å². The van der Waals surface area contributed by atoms with Crippen molar-refractivity contribution < 1.29 is 4.79 Å². The predicted molar refractivity (Wildman–Crippen MR) is 81.2 cm³/mol. The fourth-order valence-corrected chi connectivity index (χ4v) is 2.00. The lowest BCUT2D eigenvalue weighted by Gasteiger charge is -2.23. The summed E-state index contributed by atoms with van der Waals surface area (Å²) in [5, 5.41) is 2.92. The van der Waals surface area contributed by atoms with Crippen LogP contribution >= 0.6 is 0 Å². The van der Waals surface area contributed by atoms with E-state index in [1.165, 1.54) is 0 Å². The van der Waals surface area contributed by atoms with Gasteiger partial charge in [0.2, 0.25) is 5.91 Å². The molecule has 0 aliphatic heterocycles. The van der Waals surface area contributed by atoms with Crippen LogP contribution in [0.15, 0.2) is 18.2 Å². The number of benzene rings is 1. The molecule has 3 N–H and O–H groups in total. The van der Waals surface area contributed by atoms with Crippen molar-refractivity contribution in [2.24, 2.45) is 0 Å². The van der Waals surface area contributed by atoms with Gasteiger partial charge in [-0.05, 0) is 45.0 Å². The Balaban J connectivity index is 2.58. The second-order valence-electron chi connectivity index (χ2n) is 5.12. The van der Waals surface area contributed by atoms with Crippen molar-refractivity contribution in [3.05, 3.63) is 23.8 Å². The van der Waals surface area contributed by atoms with Gasteiger partial charge in [-0.25, -0.2) is 0 Å². The second kappa shape index (κ2) is 7.14. The quantitative estimate of drug-likeness (QED) is 0.776. The lowest BCUT2D eigenvalue weighted by molar-refractivity contribution is -0.117. The number of rotatable bonds is 6. The van der Waals surface area contributed by atoms with Crippen LogP contribution in [0, 0.1) is 6.92 Å². The van der Waals surface area contributed by atoms with E-state index in [0.29, 0.717) is 18.3 Å². The highest BCUT2D eigenvalue weighted by molar-refractivity contribution is 5.93. The second-order valence-corrected chi connectivity index (χ2v) is 5.12. The minimum absolute atomic E-state index is 0.000784. The third-order valence-electron chi connectivity index (χ3n) is 3.50. The molecule has 0 bridgehead atoms. The first-order valence-corrected chi connectivity index (χ1v) is 6.80. The summed E-state index contributed by atoms with van der Waals surface area (Å²) in [6.07, 6.45) is 2.22. The van der Waals surface area contributed by atoms with Crippen LogP contribution in [0.5, 0.6) is 0 Å². The van der Waals surface area contributed by atoms with Gasteiger partial charge in [0, 0.05) is 17.4 Å². The van der Waals surface area contributed by atoms with E-state index in [1.54, 1.807) is 0 Å². The fraction of sp³-hybridized carbons (Fsp3) is 0.533. The van der Waals surface area contributed by atoms with Crippen LogP contribution in [0.4, 0.5) is 11.4 Å². The maximum Gasteiger partial charge on any atom is 0.238 e. The summed E-state index contributed by atoms with van der Waals surface area (Å²) < 4.78 is 0. The first kappa shape index (κ1) is 15.5. The van der Waals surface area contributed by atoms with Gasteiger partial charge in [0.1, 0.15) is 0 Å². The molecule has 1 aromatic carbocycles. The summed E-state index contributed by atoms with van der Waals surface area (Å²) in [7, 11) is 1.98. The molecular formula is C15H25N3O. The van der Waals surface area contributed by atoms with Crippen LogP contribution in [-0.4, -0.2) is 30.4 Å². The molecule has 106 valence electrons. The summed E-state index contributed by atoms with van der Waals surface area (Å²) in [5.41, 5.74) is 8.23. The van der Waals surface area contributed by atoms with Gasteiger partial charge in [0.05, 0.1) is 6.54 Å². The van der Waals surface area contributed by atoms with Crippen LogP contribution < -0.4 is 11.1 Å². The number of nitrogens with one attached hydrogen (secondary N) is 1. The Morgan fingerprint density at radius 3 is 2.79 bits per heavy atom. The number of carbonyl (C=O) groups excluding carboxylic acids is 1. The third kappa shape index (κ3) is 4.56. The molecule has 0 aliphatic rings. The zero-order valence-corrected chi connectivity index (χ0v) is 12.4. The molecule has 0 saturated heterocycles. The highest BCUT2D eigenvalue weighted by Gasteiger charge is 2.13. The highest BCUT2D eigenvalue weighted by Crippen LogP contribution is 2.20.